The fourth-order valence-corrected chi connectivity index (χ4v) is 2.62. The van der Waals surface area contributed by atoms with Gasteiger partial charge in [0.2, 0.25) is 0 Å². The molecule has 1 aliphatic heterocycles. The van der Waals surface area contributed by atoms with Crippen molar-refractivity contribution in [1.82, 2.24) is 20.4 Å². The highest BCUT2D eigenvalue weighted by atomic mass is 16.2. The van der Waals surface area contributed by atoms with E-state index in [1.807, 2.05) is 24.1 Å². The number of hydrogen-bond acceptors (Lipinski definition) is 4. The first-order valence-corrected chi connectivity index (χ1v) is 7.30. The van der Waals surface area contributed by atoms with E-state index >= 15 is 0 Å². The van der Waals surface area contributed by atoms with Crippen molar-refractivity contribution in [2.24, 2.45) is 0 Å². The van der Waals surface area contributed by atoms with E-state index in [1.165, 1.54) is 0 Å². The minimum Gasteiger partial charge on any atom is -0.355 e. The molecule has 0 aromatic carbocycles. The maximum Gasteiger partial charge on any atom is 0.317 e. The van der Waals surface area contributed by atoms with Gasteiger partial charge >= 0.3 is 6.03 Å². The van der Waals surface area contributed by atoms with Crippen molar-refractivity contribution >= 4 is 11.8 Å². The summed E-state index contributed by atoms with van der Waals surface area (Å²) in [6.07, 6.45) is 5.90. The van der Waals surface area contributed by atoms with Crippen LogP contribution in [0.5, 0.6) is 0 Å². The van der Waals surface area contributed by atoms with E-state index < -0.39 is 0 Å². The van der Waals surface area contributed by atoms with E-state index in [0.717, 1.165) is 44.6 Å². The van der Waals surface area contributed by atoms with Gasteiger partial charge in [0.15, 0.2) is 5.82 Å². The van der Waals surface area contributed by atoms with Crippen LogP contribution in [0.1, 0.15) is 25.7 Å². The van der Waals surface area contributed by atoms with Crippen LogP contribution in [0.15, 0.2) is 18.3 Å². The van der Waals surface area contributed by atoms with Crippen molar-refractivity contribution < 1.29 is 4.79 Å². The zero-order valence-electron chi connectivity index (χ0n) is 11.8. The standard InChI is InChI=1S/C14H21N5O/c1-18(12-4-5-12)14(20)16-11-6-9-19(10-7-11)13-3-2-8-15-17-13/h2-3,8,11-12H,4-7,9-10H2,1H3,(H,16,20). The van der Waals surface area contributed by atoms with Gasteiger partial charge in [0.05, 0.1) is 0 Å². The third-order valence-electron chi connectivity index (χ3n) is 4.12. The van der Waals surface area contributed by atoms with Gasteiger partial charge in [-0.2, -0.15) is 5.10 Å². The van der Waals surface area contributed by atoms with Gasteiger partial charge in [-0.3, -0.25) is 0 Å². The first-order chi connectivity index (χ1) is 9.74. The van der Waals surface area contributed by atoms with E-state index in [4.69, 9.17) is 0 Å². The van der Waals surface area contributed by atoms with Crippen LogP contribution in [0.3, 0.4) is 0 Å². The fraction of sp³-hybridized carbons (Fsp3) is 0.643. The van der Waals surface area contributed by atoms with E-state index in [-0.39, 0.29) is 12.1 Å². The van der Waals surface area contributed by atoms with E-state index in [0.29, 0.717) is 6.04 Å². The Balaban J connectivity index is 1.47. The summed E-state index contributed by atoms with van der Waals surface area (Å²) in [5.41, 5.74) is 0. The number of piperidine rings is 1. The number of carbonyl (C=O) groups is 1. The maximum absolute atomic E-state index is 12.0. The molecule has 0 spiro atoms. The Bertz CT molecular complexity index is 454. The first kappa shape index (κ1) is 13.1. The molecule has 20 heavy (non-hydrogen) atoms. The molecule has 2 amide bonds. The van der Waals surface area contributed by atoms with E-state index in [2.05, 4.69) is 20.4 Å². The molecule has 2 heterocycles. The minimum atomic E-state index is 0.0745. The van der Waals surface area contributed by atoms with Gasteiger partial charge in [-0.05, 0) is 37.8 Å². The monoisotopic (exact) mass is 275 g/mol. The van der Waals surface area contributed by atoms with Crippen molar-refractivity contribution in [1.29, 1.82) is 0 Å². The molecule has 1 saturated carbocycles. The summed E-state index contributed by atoms with van der Waals surface area (Å²) in [5.74, 6) is 0.923. The SMILES string of the molecule is CN(C(=O)NC1CCN(c2cccnn2)CC1)C1CC1. The van der Waals surface area contributed by atoms with Crippen LogP contribution in [-0.4, -0.2) is 53.3 Å². The summed E-state index contributed by atoms with van der Waals surface area (Å²) in [4.78, 5) is 16.1. The Morgan fingerprint density at radius 1 is 1.35 bits per heavy atom. The van der Waals surface area contributed by atoms with Gasteiger partial charge in [-0.25, -0.2) is 4.79 Å². The predicted molar refractivity (Wildman–Crippen MR) is 76.6 cm³/mol. The normalized spacial score (nSPS) is 19.8. The van der Waals surface area contributed by atoms with Gasteiger partial charge in [0.1, 0.15) is 0 Å². The van der Waals surface area contributed by atoms with E-state index in [9.17, 15) is 4.79 Å². The van der Waals surface area contributed by atoms with Crippen LogP contribution >= 0.6 is 0 Å². The number of hydrogen-bond donors (Lipinski definition) is 1. The molecule has 0 radical (unpaired) electrons. The molecule has 1 saturated heterocycles. The van der Waals surface area contributed by atoms with Gasteiger partial charge in [-0.15, -0.1) is 5.10 Å². The number of urea groups is 1. The van der Waals surface area contributed by atoms with Gasteiger partial charge in [0, 0.05) is 38.4 Å². The third-order valence-corrected chi connectivity index (χ3v) is 4.12. The van der Waals surface area contributed by atoms with Crippen LogP contribution in [0.4, 0.5) is 10.6 Å². The minimum absolute atomic E-state index is 0.0745. The highest BCUT2D eigenvalue weighted by molar-refractivity contribution is 5.75. The van der Waals surface area contributed by atoms with Crippen LogP contribution in [0.25, 0.3) is 0 Å². The molecular formula is C14H21N5O. The second-order valence-corrected chi connectivity index (χ2v) is 5.63. The molecule has 0 unspecified atom stereocenters. The van der Waals surface area contributed by atoms with Crippen LogP contribution < -0.4 is 10.2 Å². The summed E-state index contributed by atoms with van der Waals surface area (Å²) in [6.45, 7) is 1.83. The lowest BCUT2D eigenvalue weighted by atomic mass is 10.1. The zero-order valence-corrected chi connectivity index (χ0v) is 11.8. The molecular weight excluding hydrogens is 254 g/mol. The largest absolute Gasteiger partial charge is 0.355 e. The number of nitrogens with zero attached hydrogens (tertiary/aromatic N) is 4. The van der Waals surface area contributed by atoms with Gasteiger partial charge in [-0.1, -0.05) is 0 Å². The summed E-state index contributed by atoms with van der Waals surface area (Å²) in [6, 6.07) is 4.70. The number of nitrogens with one attached hydrogen (secondary N) is 1. The number of amides is 2. The Hall–Kier alpha value is -1.85. The van der Waals surface area contributed by atoms with Gasteiger partial charge in [0.25, 0.3) is 0 Å². The molecule has 1 aliphatic carbocycles. The molecule has 1 aromatic heterocycles. The maximum atomic E-state index is 12.0. The second kappa shape index (κ2) is 5.64. The predicted octanol–water partition coefficient (Wildman–Crippen LogP) is 1.25. The molecule has 0 bridgehead atoms. The van der Waals surface area contributed by atoms with Crippen molar-refractivity contribution in [2.75, 3.05) is 25.0 Å². The van der Waals surface area contributed by atoms with Crippen molar-refractivity contribution in [3.63, 3.8) is 0 Å². The Morgan fingerprint density at radius 2 is 2.10 bits per heavy atom. The first-order valence-electron chi connectivity index (χ1n) is 7.30. The lowest BCUT2D eigenvalue weighted by Crippen LogP contribution is -2.49. The quantitative estimate of drug-likeness (QED) is 0.902. The molecule has 6 heteroatoms. The second-order valence-electron chi connectivity index (χ2n) is 5.63. The molecule has 0 atom stereocenters. The molecule has 1 aromatic rings. The molecule has 3 rings (SSSR count). The lowest BCUT2D eigenvalue weighted by molar-refractivity contribution is 0.200. The van der Waals surface area contributed by atoms with E-state index in [1.54, 1.807) is 6.20 Å². The van der Waals surface area contributed by atoms with Gasteiger partial charge < -0.3 is 15.1 Å². The summed E-state index contributed by atoms with van der Waals surface area (Å²) >= 11 is 0. The summed E-state index contributed by atoms with van der Waals surface area (Å²) in [5, 5.41) is 11.2. The van der Waals surface area contributed by atoms with Crippen molar-refractivity contribution in [2.45, 2.75) is 37.8 Å². The van der Waals surface area contributed by atoms with Crippen molar-refractivity contribution in [3.8, 4) is 0 Å². The third kappa shape index (κ3) is 3.00. The smallest absolute Gasteiger partial charge is 0.317 e. The van der Waals surface area contributed by atoms with Crippen LogP contribution in [-0.2, 0) is 0 Å². The lowest BCUT2D eigenvalue weighted by Gasteiger charge is -2.33. The van der Waals surface area contributed by atoms with Crippen LogP contribution in [0.2, 0.25) is 0 Å². The molecule has 1 N–H and O–H groups in total. The molecule has 2 aliphatic rings. The highest BCUT2D eigenvalue weighted by Gasteiger charge is 2.31. The van der Waals surface area contributed by atoms with Crippen molar-refractivity contribution in [3.05, 3.63) is 18.3 Å². The zero-order chi connectivity index (χ0) is 13.9. The number of rotatable bonds is 3. The Labute approximate surface area is 119 Å². The highest BCUT2D eigenvalue weighted by Crippen LogP contribution is 2.25. The Kier molecular flexibility index (Phi) is 3.71. The number of anilines is 1. The average Bonchev–Trinajstić information content (AvgIpc) is 3.33. The summed E-state index contributed by atoms with van der Waals surface area (Å²) in [7, 11) is 1.89. The van der Waals surface area contributed by atoms with Crippen LogP contribution in [0, 0.1) is 0 Å². The average molecular weight is 275 g/mol. The number of aromatic nitrogens is 2. The Morgan fingerprint density at radius 3 is 2.70 bits per heavy atom. The molecule has 108 valence electrons. The molecule has 2 fully saturated rings. The molecule has 6 nitrogen and oxygen atoms in total. The number of carbonyl (C=O) groups excluding carboxylic acids is 1. The summed E-state index contributed by atoms with van der Waals surface area (Å²) < 4.78 is 0. The topological polar surface area (TPSA) is 61.4 Å². The fourth-order valence-electron chi connectivity index (χ4n) is 2.62.